The molecule has 0 saturated carbocycles. The van der Waals surface area contributed by atoms with Crippen LogP contribution < -0.4 is 15.0 Å². The number of pyridine rings is 1. The van der Waals surface area contributed by atoms with Crippen LogP contribution in [0.3, 0.4) is 0 Å². The molecule has 2 aromatic carbocycles. The first kappa shape index (κ1) is 18.5. The minimum Gasteiger partial charge on any atom is -0.497 e. The third kappa shape index (κ3) is 4.64. The minimum absolute atomic E-state index is 0.197. The predicted molar refractivity (Wildman–Crippen MR) is 108 cm³/mol. The molecule has 0 aliphatic rings. The Balaban J connectivity index is 1.71. The fourth-order valence-corrected chi connectivity index (χ4v) is 2.85. The zero-order valence-corrected chi connectivity index (χ0v) is 15.6. The number of methoxy groups -OCH3 is 1. The average Bonchev–Trinajstić information content (AvgIpc) is 2.74. The number of carbonyl (C=O) groups is 1. The van der Waals surface area contributed by atoms with Crippen LogP contribution in [0.4, 0.5) is 11.4 Å². The summed E-state index contributed by atoms with van der Waals surface area (Å²) in [5.41, 5.74) is 3.42. The number of benzene rings is 2. The van der Waals surface area contributed by atoms with Crippen LogP contribution >= 0.6 is 0 Å². The first-order valence-electron chi connectivity index (χ1n) is 8.91. The van der Waals surface area contributed by atoms with Crippen molar-refractivity contribution in [3.8, 4) is 5.75 Å². The van der Waals surface area contributed by atoms with E-state index in [0.29, 0.717) is 12.2 Å². The first-order chi connectivity index (χ1) is 13.2. The summed E-state index contributed by atoms with van der Waals surface area (Å²) in [6.45, 7) is 3.31. The summed E-state index contributed by atoms with van der Waals surface area (Å²) in [7, 11) is 1.63. The first-order valence-corrected chi connectivity index (χ1v) is 8.91. The number of hydrogen-bond acceptors (Lipinski definition) is 4. The molecule has 0 spiro atoms. The number of nitrogens with one attached hydrogen (secondary N) is 1. The maximum Gasteiger partial charge on any atom is 0.270 e. The highest BCUT2D eigenvalue weighted by atomic mass is 16.5. The van der Waals surface area contributed by atoms with E-state index < -0.39 is 0 Å². The molecule has 0 radical (unpaired) electrons. The quantitative estimate of drug-likeness (QED) is 0.686. The Hall–Kier alpha value is -3.34. The lowest BCUT2D eigenvalue weighted by molar-refractivity contribution is 0.0946. The molecule has 1 N–H and O–H groups in total. The second kappa shape index (κ2) is 8.85. The molecule has 0 unspecified atom stereocenters. The van der Waals surface area contributed by atoms with E-state index >= 15 is 0 Å². The van der Waals surface area contributed by atoms with Gasteiger partial charge in [0.15, 0.2) is 0 Å². The van der Waals surface area contributed by atoms with Gasteiger partial charge in [-0.3, -0.25) is 9.78 Å². The van der Waals surface area contributed by atoms with E-state index in [1.54, 1.807) is 13.3 Å². The maximum absolute atomic E-state index is 12.5. The standard InChI is InChI=1S/C22H23N3O2/c1-3-25(18-7-5-4-6-8-18)19-13-14-23-21(15-19)22(26)24-16-17-9-11-20(27-2)12-10-17/h4-15H,3,16H2,1-2H3,(H,24,26). The molecule has 0 aliphatic heterocycles. The van der Waals surface area contributed by atoms with Crippen molar-refractivity contribution < 1.29 is 9.53 Å². The number of hydrogen-bond donors (Lipinski definition) is 1. The Morgan fingerprint density at radius 3 is 2.44 bits per heavy atom. The lowest BCUT2D eigenvalue weighted by Gasteiger charge is -2.23. The lowest BCUT2D eigenvalue weighted by Crippen LogP contribution is -2.24. The van der Waals surface area contributed by atoms with Crippen LogP contribution in [0.15, 0.2) is 72.9 Å². The van der Waals surface area contributed by atoms with Crippen molar-refractivity contribution in [2.24, 2.45) is 0 Å². The number of aromatic nitrogens is 1. The van der Waals surface area contributed by atoms with Crippen molar-refractivity contribution in [1.82, 2.24) is 10.3 Å². The van der Waals surface area contributed by atoms with Crippen molar-refractivity contribution in [3.63, 3.8) is 0 Å². The summed E-state index contributed by atoms with van der Waals surface area (Å²) in [5, 5.41) is 2.92. The number of anilines is 2. The normalized spacial score (nSPS) is 10.3. The fourth-order valence-electron chi connectivity index (χ4n) is 2.85. The Morgan fingerprint density at radius 2 is 1.78 bits per heavy atom. The van der Waals surface area contributed by atoms with Crippen LogP contribution in [0.5, 0.6) is 5.75 Å². The largest absolute Gasteiger partial charge is 0.497 e. The summed E-state index contributed by atoms with van der Waals surface area (Å²) in [5.74, 6) is 0.594. The summed E-state index contributed by atoms with van der Waals surface area (Å²) in [4.78, 5) is 18.9. The van der Waals surface area contributed by atoms with E-state index in [4.69, 9.17) is 4.74 Å². The SMILES string of the molecule is CCN(c1ccccc1)c1ccnc(C(=O)NCc2ccc(OC)cc2)c1. The van der Waals surface area contributed by atoms with Crippen molar-refractivity contribution in [3.05, 3.63) is 84.2 Å². The van der Waals surface area contributed by atoms with Gasteiger partial charge in [-0.05, 0) is 48.9 Å². The zero-order valence-electron chi connectivity index (χ0n) is 15.6. The Morgan fingerprint density at radius 1 is 1.04 bits per heavy atom. The highest BCUT2D eigenvalue weighted by molar-refractivity contribution is 5.93. The number of ether oxygens (including phenoxy) is 1. The van der Waals surface area contributed by atoms with Gasteiger partial charge < -0.3 is 15.0 Å². The third-order valence-corrected chi connectivity index (χ3v) is 4.28. The predicted octanol–water partition coefficient (Wildman–Crippen LogP) is 4.18. The fraction of sp³-hybridized carbons (Fsp3) is 0.182. The molecule has 1 aromatic heterocycles. The van der Waals surface area contributed by atoms with E-state index in [1.165, 1.54) is 0 Å². The maximum atomic E-state index is 12.5. The van der Waals surface area contributed by atoms with Gasteiger partial charge in [-0.1, -0.05) is 30.3 Å². The molecule has 3 aromatic rings. The summed E-state index contributed by atoms with van der Waals surface area (Å²) >= 11 is 0. The molecule has 0 bridgehead atoms. The molecular weight excluding hydrogens is 338 g/mol. The summed E-state index contributed by atoms with van der Waals surface area (Å²) in [6, 6.07) is 21.4. The third-order valence-electron chi connectivity index (χ3n) is 4.28. The van der Waals surface area contributed by atoms with Gasteiger partial charge in [-0.2, -0.15) is 0 Å². The van der Waals surface area contributed by atoms with Crippen molar-refractivity contribution >= 4 is 17.3 Å². The van der Waals surface area contributed by atoms with Crippen molar-refractivity contribution in [2.75, 3.05) is 18.6 Å². The van der Waals surface area contributed by atoms with Crippen LogP contribution in [0, 0.1) is 0 Å². The number of carbonyl (C=O) groups excluding carboxylic acids is 1. The van der Waals surface area contributed by atoms with E-state index in [2.05, 4.69) is 22.1 Å². The van der Waals surface area contributed by atoms with Gasteiger partial charge in [-0.25, -0.2) is 0 Å². The monoisotopic (exact) mass is 361 g/mol. The van der Waals surface area contributed by atoms with Crippen LogP contribution in [0.25, 0.3) is 0 Å². The number of para-hydroxylation sites is 1. The number of rotatable bonds is 7. The minimum atomic E-state index is -0.197. The zero-order chi connectivity index (χ0) is 19.1. The smallest absolute Gasteiger partial charge is 0.270 e. The molecule has 0 aliphatic carbocycles. The highest BCUT2D eigenvalue weighted by Gasteiger charge is 2.12. The lowest BCUT2D eigenvalue weighted by atomic mass is 10.2. The molecule has 5 heteroatoms. The van der Waals surface area contributed by atoms with Gasteiger partial charge >= 0.3 is 0 Å². The second-order valence-corrected chi connectivity index (χ2v) is 6.01. The van der Waals surface area contributed by atoms with E-state index in [9.17, 15) is 4.79 Å². The Kier molecular flexibility index (Phi) is 6.05. The molecule has 0 saturated heterocycles. The summed E-state index contributed by atoms with van der Waals surface area (Å²) < 4.78 is 5.14. The van der Waals surface area contributed by atoms with Crippen LogP contribution in [-0.4, -0.2) is 24.5 Å². The van der Waals surface area contributed by atoms with E-state index in [0.717, 1.165) is 29.2 Å². The van der Waals surface area contributed by atoms with Gasteiger partial charge in [0.05, 0.1) is 7.11 Å². The van der Waals surface area contributed by atoms with Gasteiger partial charge in [0.2, 0.25) is 0 Å². The Labute approximate surface area is 159 Å². The molecule has 1 amide bonds. The number of amides is 1. The molecule has 3 rings (SSSR count). The molecule has 0 atom stereocenters. The van der Waals surface area contributed by atoms with Gasteiger partial charge in [-0.15, -0.1) is 0 Å². The van der Waals surface area contributed by atoms with Gasteiger partial charge in [0.25, 0.3) is 5.91 Å². The van der Waals surface area contributed by atoms with E-state index in [1.807, 2.05) is 66.7 Å². The van der Waals surface area contributed by atoms with Crippen molar-refractivity contribution in [1.29, 1.82) is 0 Å². The van der Waals surface area contributed by atoms with Crippen molar-refractivity contribution in [2.45, 2.75) is 13.5 Å². The number of nitrogens with zero attached hydrogens (tertiary/aromatic N) is 2. The van der Waals surface area contributed by atoms with Crippen LogP contribution in [0.1, 0.15) is 23.0 Å². The average molecular weight is 361 g/mol. The van der Waals surface area contributed by atoms with Crippen LogP contribution in [0.2, 0.25) is 0 Å². The summed E-state index contributed by atoms with van der Waals surface area (Å²) in [6.07, 6.45) is 1.67. The van der Waals surface area contributed by atoms with Gasteiger partial charge in [0, 0.05) is 30.7 Å². The molecule has 5 nitrogen and oxygen atoms in total. The molecule has 1 heterocycles. The molecule has 27 heavy (non-hydrogen) atoms. The molecule has 138 valence electrons. The van der Waals surface area contributed by atoms with E-state index in [-0.39, 0.29) is 5.91 Å². The second-order valence-electron chi connectivity index (χ2n) is 6.01. The Bertz CT molecular complexity index is 880. The van der Waals surface area contributed by atoms with Crippen LogP contribution in [-0.2, 0) is 6.54 Å². The molecule has 0 fully saturated rings. The molecular formula is C22H23N3O2. The van der Waals surface area contributed by atoms with Gasteiger partial charge in [0.1, 0.15) is 11.4 Å². The topological polar surface area (TPSA) is 54.5 Å². The highest BCUT2D eigenvalue weighted by Crippen LogP contribution is 2.24.